The van der Waals surface area contributed by atoms with Crippen LogP contribution in [0.5, 0.6) is 11.5 Å². The zero-order chi connectivity index (χ0) is 19.7. The molecule has 1 N–H and O–H groups in total. The van der Waals surface area contributed by atoms with E-state index in [0.717, 1.165) is 16.1 Å². The lowest BCUT2D eigenvalue weighted by molar-refractivity contribution is 0.102. The van der Waals surface area contributed by atoms with Gasteiger partial charge in [0.2, 0.25) is 0 Å². The molecular formula is C20H16Cl2N2O3S. The minimum Gasteiger partial charge on any atom is -0.486 e. The molecule has 3 aromatic rings. The van der Waals surface area contributed by atoms with Crippen LogP contribution in [0.15, 0.2) is 36.4 Å². The average Bonchev–Trinajstić information content (AvgIpc) is 3.03. The molecule has 144 valence electrons. The lowest BCUT2D eigenvalue weighted by atomic mass is 10.1. The van der Waals surface area contributed by atoms with E-state index in [2.05, 4.69) is 10.3 Å². The summed E-state index contributed by atoms with van der Waals surface area (Å²) < 4.78 is 11.0. The highest BCUT2D eigenvalue weighted by Crippen LogP contribution is 2.32. The molecule has 4 rings (SSSR count). The fourth-order valence-corrected chi connectivity index (χ4v) is 4.21. The van der Waals surface area contributed by atoms with Crippen molar-refractivity contribution in [3.05, 3.63) is 68.1 Å². The number of hydrogen-bond acceptors (Lipinski definition) is 5. The predicted molar refractivity (Wildman–Crippen MR) is 112 cm³/mol. The third kappa shape index (κ3) is 4.09. The quantitative estimate of drug-likeness (QED) is 0.599. The first-order valence-electron chi connectivity index (χ1n) is 8.61. The van der Waals surface area contributed by atoms with Crippen molar-refractivity contribution in [3.63, 3.8) is 0 Å². The molecule has 0 spiro atoms. The van der Waals surface area contributed by atoms with Crippen LogP contribution in [0.3, 0.4) is 0 Å². The molecule has 0 unspecified atom stereocenters. The Kier molecular flexibility index (Phi) is 5.44. The molecule has 1 amide bonds. The smallest absolute Gasteiger partial charge is 0.257 e. The van der Waals surface area contributed by atoms with Gasteiger partial charge in [0.05, 0.1) is 5.69 Å². The van der Waals surface area contributed by atoms with Gasteiger partial charge in [-0.15, -0.1) is 11.3 Å². The van der Waals surface area contributed by atoms with E-state index in [1.807, 2.05) is 13.0 Å². The van der Waals surface area contributed by atoms with Crippen molar-refractivity contribution in [2.45, 2.75) is 13.3 Å². The molecule has 1 aliphatic rings. The van der Waals surface area contributed by atoms with Gasteiger partial charge in [0.25, 0.3) is 5.91 Å². The number of carbonyl (C=O) groups excluding carboxylic acids is 1. The molecular weight excluding hydrogens is 419 g/mol. The van der Waals surface area contributed by atoms with Crippen molar-refractivity contribution in [2.24, 2.45) is 0 Å². The number of aryl methyl sites for hydroxylation is 1. The minimum absolute atomic E-state index is 0.252. The number of carbonyl (C=O) groups is 1. The van der Waals surface area contributed by atoms with Gasteiger partial charge in [0.15, 0.2) is 16.6 Å². The number of nitrogens with one attached hydrogen (secondary N) is 1. The second-order valence-corrected chi connectivity index (χ2v) is 8.18. The van der Waals surface area contributed by atoms with E-state index in [0.29, 0.717) is 51.9 Å². The van der Waals surface area contributed by atoms with Crippen LogP contribution in [0.25, 0.3) is 0 Å². The summed E-state index contributed by atoms with van der Waals surface area (Å²) >= 11 is 13.7. The van der Waals surface area contributed by atoms with E-state index >= 15 is 0 Å². The van der Waals surface area contributed by atoms with Crippen LogP contribution in [0.1, 0.15) is 26.5 Å². The van der Waals surface area contributed by atoms with Gasteiger partial charge >= 0.3 is 0 Å². The van der Waals surface area contributed by atoms with Crippen LogP contribution in [0, 0.1) is 6.92 Å². The van der Waals surface area contributed by atoms with Crippen LogP contribution in [-0.4, -0.2) is 24.1 Å². The lowest BCUT2D eigenvalue weighted by Crippen LogP contribution is -2.17. The number of amides is 1. The number of benzene rings is 2. The number of aromatic nitrogens is 1. The number of thiazole rings is 1. The number of halogens is 2. The number of hydrogen-bond donors (Lipinski definition) is 1. The third-order valence-corrected chi connectivity index (χ3v) is 5.95. The van der Waals surface area contributed by atoms with Crippen molar-refractivity contribution in [2.75, 3.05) is 18.5 Å². The first kappa shape index (κ1) is 19.1. The maximum Gasteiger partial charge on any atom is 0.257 e. The summed E-state index contributed by atoms with van der Waals surface area (Å²) in [6.45, 7) is 2.89. The monoisotopic (exact) mass is 434 g/mol. The molecule has 2 aromatic carbocycles. The van der Waals surface area contributed by atoms with Gasteiger partial charge in [-0.2, -0.15) is 0 Å². The van der Waals surface area contributed by atoms with E-state index in [1.54, 1.807) is 30.3 Å². The van der Waals surface area contributed by atoms with E-state index in [4.69, 9.17) is 32.7 Å². The highest BCUT2D eigenvalue weighted by molar-refractivity contribution is 7.15. The van der Waals surface area contributed by atoms with Gasteiger partial charge < -0.3 is 9.47 Å². The summed E-state index contributed by atoms with van der Waals surface area (Å²) in [6.07, 6.45) is 0.600. The summed E-state index contributed by atoms with van der Waals surface area (Å²) in [6, 6.07) is 10.5. The second-order valence-electron chi connectivity index (χ2n) is 6.25. The Morgan fingerprint density at radius 1 is 1.14 bits per heavy atom. The molecule has 0 atom stereocenters. The Morgan fingerprint density at radius 2 is 1.93 bits per heavy atom. The third-order valence-electron chi connectivity index (χ3n) is 4.28. The Bertz CT molecular complexity index is 1050. The fourth-order valence-electron chi connectivity index (χ4n) is 2.85. The minimum atomic E-state index is -0.252. The fraction of sp³-hybridized carbons (Fsp3) is 0.200. The predicted octanol–water partition coefficient (Wildman–Crippen LogP) is 5.37. The van der Waals surface area contributed by atoms with Crippen molar-refractivity contribution >= 4 is 45.6 Å². The molecule has 0 saturated heterocycles. The number of nitrogens with zero attached hydrogens (tertiary/aromatic N) is 1. The van der Waals surface area contributed by atoms with Crippen LogP contribution in [0.2, 0.25) is 10.0 Å². The molecule has 1 aromatic heterocycles. The van der Waals surface area contributed by atoms with Gasteiger partial charge in [-0.3, -0.25) is 10.1 Å². The Labute approximate surface area is 176 Å². The standard InChI is InChI=1S/C20H16Cl2N2O3S/c1-11-18(10-13-8-14(21)3-4-15(13)22)28-20(23-11)24-19(25)12-2-5-16-17(9-12)27-7-6-26-16/h2-5,8-9H,6-7,10H2,1H3,(H,23,24,25). The topological polar surface area (TPSA) is 60.5 Å². The van der Waals surface area contributed by atoms with E-state index in [-0.39, 0.29) is 5.91 Å². The summed E-state index contributed by atoms with van der Waals surface area (Å²) in [5.74, 6) is 0.970. The van der Waals surface area contributed by atoms with Crippen LogP contribution < -0.4 is 14.8 Å². The van der Waals surface area contributed by atoms with Crippen LogP contribution >= 0.6 is 34.5 Å². The number of rotatable bonds is 4. The Morgan fingerprint density at radius 3 is 2.75 bits per heavy atom. The largest absolute Gasteiger partial charge is 0.486 e. The summed E-state index contributed by atoms with van der Waals surface area (Å²) in [4.78, 5) is 18.1. The molecule has 2 heterocycles. The summed E-state index contributed by atoms with van der Waals surface area (Å²) in [5, 5.41) is 4.67. The molecule has 0 radical (unpaired) electrons. The lowest BCUT2D eigenvalue weighted by Gasteiger charge is -2.18. The maximum atomic E-state index is 12.6. The molecule has 0 aliphatic carbocycles. The highest BCUT2D eigenvalue weighted by Gasteiger charge is 2.17. The van der Waals surface area contributed by atoms with E-state index in [1.165, 1.54) is 11.3 Å². The second kappa shape index (κ2) is 7.99. The van der Waals surface area contributed by atoms with E-state index in [9.17, 15) is 4.79 Å². The van der Waals surface area contributed by atoms with Gasteiger partial charge in [0.1, 0.15) is 13.2 Å². The van der Waals surface area contributed by atoms with E-state index < -0.39 is 0 Å². The zero-order valence-electron chi connectivity index (χ0n) is 14.9. The molecule has 0 saturated carbocycles. The highest BCUT2D eigenvalue weighted by atomic mass is 35.5. The SMILES string of the molecule is Cc1nc(NC(=O)c2ccc3c(c2)OCCO3)sc1Cc1cc(Cl)ccc1Cl. The normalized spacial score (nSPS) is 12.7. The van der Waals surface area contributed by atoms with Crippen LogP contribution in [-0.2, 0) is 6.42 Å². The van der Waals surface area contributed by atoms with Crippen molar-refractivity contribution in [3.8, 4) is 11.5 Å². The van der Waals surface area contributed by atoms with Crippen molar-refractivity contribution in [1.82, 2.24) is 4.98 Å². The molecule has 5 nitrogen and oxygen atoms in total. The first-order valence-corrected chi connectivity index (χ1v) is 10.2. The molecule has 1 aliphatic heterocycles. The van der Waals surface area contributed by atoms with Gasteiger partial charge in [-0.1, -0.05) is 23.2 Å². The Balaban J connectivity index is 1.50. The van der Waals surface area contributed by atoms with Gasteiger partial charge in [-0.05, 0) is 48.9 Å². The molecule has 8 heteroatoms. The molecule has 28 heavy (non-hydrogen) atoms. The average molecular weight is 435 g/mol. The van der Waals surface area contributed by atoms with Crippen molar-refractivity contribution in [1.29, 1.82) is 0 Å². The zero-order valence-corrected chi connectivity index (χ0v) is 17.2. The number of anilines is 1. The summed E-state index contributed by atoms with van der Waals surface area (Å²) in [7, 11) is 0. The van der Waals surface area contributed by atoms with Crippen molar-refractivity contribution < 1.29 is 14.3 Å². The molecule has 0 bridgehead atoms. The molecule has 0 fully saturated rings. The maximum absolute atomic E-state index is 12.6. The van der Waals surface area contributed by atoms with Gasteiger partial charge in [0, 0.05) is 26.9 Å². The Hall–Kier alpha value is -2.28. The first-order chi connectivity index (χ1) is 13.5. The summed E-state index contributed by atoms with van der Waals surface area (Å²) in [5.41, 5.74) is 2.25. The van der Waals surface area contributed by atoms with Gasteiger partial charge in [-0.25, -0.2) is 4.98 Å². The number of ether oxygens (including phenoxy) is 2. The number of fused-ring (bicyclic) bond motifs is 1. The van der Waals surface area contributed by atoms with Crippen LogP contribution in [0.4, 0.5) is 5.13 Å².